The molecule has 0 aliphatic carbocycles. The average Bonchev–Trinajstić information content (AvgIpc) is 2.69. The monoisotopic (exact) mass is 267 g/mol. The minimum atomic E-state index is -4.53. The van der Waals surface area contributed by atoms with Gasteiger partial charge in [-0.05, 0) is 18.6 Å². The van der Waals surface area contributed by atoms with Crippen LogP contribution >= 0.6 is 0 Å². The van der Waals surface area contributed by atoms with Gasteiger partial charge in [0, 0.05) is 6.54 Å². The Morgan fingerprint density at radius 1 is 1.28 bits per heavy atom. The second-order valence-corrected chi connectivity index (χ2v) is 5.47. The van der Waals surface area contributed by atoms with E-state index in [9.17, 15) is 13.0 Å². The topological polar surface area (TPSA) is 75.0 Å². The van der Waals surface area contributed by atoms with Gasteiger partial charge in [-0.2, -0.15) is 0 Å². The van der Waals surface area contributed by atoms with E-state index in [1.165, 1.54) is 4.57 Å². The maximum atomic E-state index is 11.2. The van der Waals surface area contributed by atoms with Gasteiger partial charge in [-0.15, -0.1) is 0 Å². The van der Waals surface area contributed by atoms with Gasteiger partial charge >= 0.3 is 0 Å². The van der Waals surface area contributed by atoms with Crippen LogP contribution in [0.1, 0.15) is 26.2 Å². The van der Waals surface area contributed by atoms with Crippen LogP contribution in [0.15, 0.2) is 29.4 Å². The number of unbranched alkanes of at least 4 members (excludes halogenated alkanes) is 2. The normalized spacial score (nSPS) is 12.1. The molecule has 0 aliphatic rings. The van der Waals surface area contributed by atoms with Crippen LogP contribution in [0.25, 0.3) is 11.0 Å². The number of fused-ring (bicyclic) bond motifs is 1. The van der Waals surface area contributed by atoms with Crippen LogP contribution in [0.5, 0.6) is 0 Å². The lowest BCUT2D eigenvalue weighted by molar-refractivity contribution is 0.443. The lowest BCUT2D eigenvalue weighted by Gasteiger charge is -2.10. The molecule has 0 fully saturated rings. The number of imidazole rings is 1. The van der Waals surface area contributed by atoms with Gasteiger partial charge < -0.3 is 9.12 Å². The van der Waals surface area contributed by atoms with E-state index in [0.29, 0.717) is 17.6 Å². The van der Waals surface area contributed by atoms with Gasteiger partial charge in [0.1, 0.15) is 0 Å². The summed E-state index contributed by atoms with van der Waals surface area (Å²) in [5.41, 5.74) is 1.24. The fourth-order valence-corrected chi connectivity index (χ4v) is 2.65. The zero-order valence-electron chi connectivity index (χ0n) is 10.2. The van der Waals surface area contributed by atoms with Crippen molar-refractivity contribution in [2.45, 2.75) is 37.9 Å². The molecule has 0 spiro atoms. The molecule has 1 aromatic heterocycles. The molecule has 0 amide bonds. The molecule has 0 aliphatic heterocycles. The smallest absolute Gasteiger partial charge is 0.215 e. The van der Waals surface area contributed by atoms with Crippen LogP contribution in [0.3, 0.4) is 0 Å². The number of nitrogens with zero attached hydrogens (tertiary/aromatic N) is 2. The Labute approximate surface area is 106 Å². The number of rotatable bonds is 5. The van der Waals surface area contributed by atoms with Crippen molar-refractivity contribution in [3.05, 3.63) is 24.3 Å². The minimum Gasteiger partial charge on any atom is -0.742 e. The first-order valence-corrected chi connectivity index (χ1v) is 7.36. The van der Waals surface area contributed by atoms with Gasteiger partial charge in [0.15, 0.2) is 10.1 Å². The second-order valence-electron chi connectivity index (χ2n) is 4.20. The number of hydrogen-bond donors (Lipinski definition) is 0. The van der Waals surface area contributed by atoms with Crippen LogP contribution in [0.2, 0.25) is 0 Å². The Bertz CT molecular complexity index is 646. The molecule has 6 heteroatoms. The molecule has 0 N–H and O–H groups in total. The van der Waals surface area contributed by atoms with Crippen molar-refractivity contribution in [1.82, 2.24) is 9.55 Å². The molecule has 2 aromatic rings. The van der Waals surface area contributed by atoms with Crippen molar-refractivity contribution in [3.63, 3.8) is 0 Å². The third-order valence-electron chi connectivity index (χ3n) is 2.83. The highest BCUT2D eigenvalue weighted by Crippen LogP contribution is 2.20. The molecule has 0 radical (unpaired) electrons. The number of aryl methyl sites for hydroxylation is 1. The largest absolute Gasteiger partial charge is 0.742 e. The summed E-state index contributed by atoms with van der Waals surface area (Å²) in [7, 11) is -4.53. The van der Waals surface area contributed by atoms with E-state index in [0.717, 1.165) is 19.3 Å². The summed E-state index contributed by atoms with van der Waals surface area (Å²) in [6.07, 6.45) is 2.86. The summed E-state index contributed by atoms with van der Waals surface area (Å²) < 4.78 is 35.2. The summed E-state index contributed by atoms with van der Waals surface area (Å²) in [6, 6.07) is 7.07. The molecule has 0 saturated heterocycles. The molecular formula is C12H15N2O3S-. The molecule has 0 atom stereocenters. The maximum Gasteiger partial charge on any atom is 0.215 e. The molecule has 0 bridgehead atoms. The first-order chi connectivity index (χ1) is 8.54. The van der Waals surface area contributed by atoms with Gasteiger partial charge in [0.05, 0.1) is 11.0 Å². The van der Waals surface area contributed by atoms with Crippen LogP contribution in [-0.4, -0.2) is 22.5 Å². The van der Waals surface area contributed by atoms with E-state index in [4.69, 9.17) is 0 Å². The highest BCUT2D eigenvalue weighted by molar-refractivity contribution is 7.85. The number of hydrogen-bond acceptors (Lipinski definition) is 4. The van der Waals surface area contributed by atoms with E-state index < -0.39 is 10.1 Å². The zero-order valence-corrected chi connectivity index (χ0v) is 11.0. The standard InChI is InChI=1S/C12H16N2O3S/c1-2-3-6-9-14-11-8-5-4-7-10(11)13-12(14)18(15,16)17/h4-5,7-8H,2-3,6,9H2,1H3,(H,15,16,17)/p-1. The second kappa shape index (κ2) is 5.07. The fourth-order valence-electron chi connectivity index (χ4n) is 1.98. The summed E-state index contributed by atoms with van der Waals surface area (Å²) in [5.74, 6) is 0. The van der Waals surface area contributed by atoms with Gasteiger partial charge in [0.2, 0.25) is 5.16 Å². The van der Waals surface area contributed by atoms with Crippen molar-refractivity contribution < 1.29 is 13.0 Å². The fraction of sp³-hybridized carbons (Fsp3) is 0.417. The summed E-state index contributed by atoms with van der Waals surface area (Å²) in [6.45, 7) is 2.57. The number of aromatic nitrogens is 2. The zero-order chi connectivity index (χ0) is 13.2. The van der Waals surface area contributed by atoms with E-state index in [-0.39, 0.29) is 5.16 Å². The van der Waals surface area contributed by atoms with Gasteiger partial charge in [0.25, 0.3) is 0 Å². The average molecular weight is 267 g/mol. The van der Waals surface area contributed by atoms with Gasteiger partial charge in [-0.3, -0.25) is 0 Å². The SMILES string of the molecule is CCCCCn1c(S(=O)(=O)[O-])nc2ccccc21. The van der Waals surface area contributed by atoms with E-state index in [2.05, 4.69) is 11.9 Å². The molecule has 0 saturated carbocycles. The Balaban J connectivity index is 2.51. The van der Waals surface area contributed by atoms with Crippen molar-refractivity contribution in [2.75, 3.05) is 0 Å². The van der Waals surface area contributed by atoms with Crippen molar-refractivity contribution >= 4 is 21.2 Å². The first kappa shape index (κ1) is 13.0. The summed E-state index contributed by atoms with van der Waals surface area (Å²) in [5, 5.41) is -0.375. The Hall–Kier alpha value is -1.40. The van der Waals surface area contributed by atoms with Crippen molar-refractivity contribution in [1.29, 1.82) is 0 Å². The highest BCUT2D eigenvalue weighted by Gasteiger charge is 2.14. The molecule has 98 valence electrons. The Morgan fingerprint density at radius 3 is 2.67 bits per heavy atom. The maximum absolute atomic E-state index is 11.2. The predicted molar refractivity (Wildman–Crippen MR) is 67.2 cm³/mol. The number of para-hydroxylation sites is 2. The van der Waals surface area contributed by atoms with Crippen molar-refractivity contribution in [2.24, 2.45) is 0 Å². The third kappa shape index (κ3) is 2.54. The van der Waals surface area contributed by atoms with E-state index in [1.807, 2.05) is 6.07 Å². The molecule has 18 heavy (non-hydrogen) atoms. The molecule has 1 heterocycles. The molecule has 0 unspecified atom stereocenters. The van der Waals surface area contributed by atoms with Gasteiger partial charge in [-0.25, -0.2) is 13.4 Å². The summed E-state index contributed by atoms with van der Waals surface area (Å²) >= 11 is 0. The Morgan fingerprint density at radius 2 is 2.00 bits per heavy atom. The number of benzene rings is 1. The first-order valence-electron chi connectivity index (χ1n) is 5.95. The summed E-state index contributed by atoms with van der Waals surface area (Å²) in [4.78, 5) is 3.93. The highest BCUT2D eigenvalue weighted by atomic mass is 32.2. The van der Waals surface area contributed by atoms with Gasteiger partial charge in [-0.1, -0.05) is 31.9 Å². The molecular weight excluding hydrogens is 252 g/mol. The lowest BCUT2D eigenvalue weighted by atomic mass is 10.2. The molecule has 5 nitrogen and oxygen atoms in total. The molecule has 1 aromatic carbocycles. The van der Waals surface area contributed by atoms with Crippen molar-refractivity contribution in [3.8, 4) is 0 Å². The molecule has 2 rings (SSSR count). The quantitative estimate of drug-likeness (QED) is 0.614. The minimum absolute atomic E-state index is 0.375. The van der Waals surface area contributed by atoms with Crippen LogP contribution in [0.4, 0.5) is 0 Å². The lowest BCUT2D eigenvalue weighted by Crippen LogP contribution is -2.10. The van der Waals surface area contributed by atoms with Crippen LogP contribution in [0, 0.1) is 0 Å². The van der Waals surface area contributed by atoms with E-state index in [1.54, 1.807) is 18.2 Å². The van der Waals surface area contributed by atoms with Crippen LogP contribution < -0.4 is 0 Å². The third-order valence-corrected chi connectivity index (χ3v) is 3.59. The predicted octanol–water partition coefficient (Wildman–Crippen LogP) is 2.13. The Kier molecular flexibility index (Phi) is 3.68. The van der Waals surface area contributed by atoms with E-state index >= 15 is 0 Å². The van der Waals surface area contributed by atoms with Crippen LogP contribution in [-0.2, 0) is 16.7 Å².